The van der Waals surface area contributed by atoms with Crippen LogP contribution in [0.3, 0.4) is 0 Å². The number of hydrogen-bond donors (Lipinski definition) is 2. The number of ether oxygens (including phenoxy) is 2. The maximum Gasteiger partial charge on any atom is 0.191 e. The van der Waals surface area contributed by atoms with E-state index in [1.165, 1.54) is 0 Å². The van der Waals surface area contributed by atoms with Gasteiger partial charge in [0.1, 0.15) is 0 Å². The summed E-state index contributed by atoms with van der Waals surface area (Å²) in [5.74, 6) is 2.69. The third-order valence-electron chi connectivity index (χ3n) is 3.22. The molecule has 0 fully saturated rings. The van der Waals surface area contributed by atoms with Gasteiger partial charge in [-0.2, -0.15) is 0 Å². The van der Waals surface area contributed by atoms with Crippen LogP contribution in [0.1, 0.15) is 25.8 Å². The fourth-order valence-electron chi connectivity index (χ4n) is 2.09. The van der Waals surface area contributed by atoms with Gasteiger partial charge in [0.15, 0.2) is 17.5 Å². The zero-order valence-corrected chi connectivity index (χ0v) is 14.2. The maximum atomic E-state index is 6.29. The number of guanidine groups is 1. The lowest BCUT2D eigenvalue weighted by Gasteiger charge is -2.15. The van der Waals surface area contributed by atoms with Crippen LogP contribution in [0.25, 0.3) is 0 Å². The maximum absolute atomic E-state index is 6.29. The van der Waals surface area contributed by atoms with Crippen LogP contribution in [0.2, 0.25) is 5.02 Å². The number of nitrogens with one attached hydrogen (secondary N) is 2. The van der Waals surface area contributed by atoms with Gasteiger partial charge in [0.25, 0.3) is 0 Å². The third-order valence-corrected chi connectivity index (χ3v) is 3.50. The van der Waals surface area contributed by atoms with Gasteiger partial charge in [-0.25, -0.2) is 0 Å². The fourth-order valence-corrected chi connectivity index (χ4v) is 2.38. The summed E-state index contributed by atoms with van der Waals surface area (Å²) in [5, 5.41) is 7.14. The zero-order valence-electron chi connectivity index (χ0n) is 13.4. The number of aliphatic imine (C=N–C) groups is 1. The van der Waals surface area contributed by atoms with Crippen molar-refractivity contribution in [3.05, 3.63) is 22.7 Å². The molecule has 5 nitrogen and oxygen atoms in total. The summed E-state index contributed by atoms with van der Waals surface area (Å²) in [4.78, 5) is 4.21. The predicted octanol–water partition coefficient (Wildman–Crippen LogP) is 2.82. The molecular formula is C16H24ClN3O2. The van der Waals surface area contributed by atoms with E-state index in [0.717, 1.165) is 24.5 Å². The topological polar surface area (TPSA) is 54.9 Å². The molecule has 0 radical (unpaired) electrons. The van der Waals surface area contributed by atoms with Gasteiger partial charge in [-0.3, -0.25) is 4.99 Å². The summed E-state index contributed by atoms with van der Waals surface area (Å²) in [6.45, 7) is 7.09. The number of halogens is 1. The molecule has 6 heteroatoms. The fraction of sp³-hybridized carbons (Fsp3) is 0.562. The zero-order chi connectivity index (χ0) is 15.9. The summed E-state index contributed by atoms with van der Waals surface area (Å²) < 4.78 is 11.3. The second-order valence-corrected chi connectivity index (χ2v) is 6.06. The number of benzene rings is 1. The van der Waals surface area contributed by atoms with Crippen LogP contribution < -0.4 is 20.1 Å². The molecule has 0 saturated heterocycles. The second-order valence-electron chi connectivity index (χ2n) is 5.66. The number of rotatable bonds is 4. The first-order valence-corrected chi connectivity index (χ1v) is 8.00. The van der Waals surface area contributed by atoms with Gasteiger partial charge in [-0.05, 0) is 23.6 Å². The average molecular weight is 326 g/mol. The van der Waals surface area contributed by atoms with Crippen LogP contribution in [-0.2, 0) is 6.54 Å². The van der Waals surface area contributed by atoms with Crippen molar-refractivity contribution in [2.24, 2.45) is 10.9 Å². The Kier molecular flexibility index (Phi) is 6.19. The molecule has 122 valence electrons. The molecule has 0 saturated carbocycles. The van der Waals surface area contributed by atoms with E-state index in [4.69, 9.17) is 21.1 Å². The van der Waals surface area contributed by atoms with Gasteiger partial charge in [0.2, 0.25) is 0 Å². The minimum Gasteiger partial charge on any atom is -0.489 e. The van der Waals surface area contributed by atoms with E-state index in [2.05, 4.69) is 29.5 Å². The Bertz CT molecular complexity index is 532. The van der Waals surface area contributed by atoms with Gasteiger partial charge in [0.05, 0.1) is 18.2 Å². The Labute approximate surface area is 137 Å². The first-order chi connectivity index (χ1) is 10.6. The number of nitrogens with zero attached hydrogens (tertiary/aromatic N) is 1. The predicted molar refractivity (Wildman–Crippen MR) is 90.1 cm³/mol. The second kappa shape index (κ2) is 8.13. The Morgan fingerprint density at radius 1 is 1.27 bits per heavy atom. The average Bonchev–Trinajstić information content (AvgIpc) is 2.73. The molecule has 22 heavy (non-hydrogen) atoms. The van der Waals surface area contributed by atoms with Crippen molar-refractivity contribution in [1.82, 2.24) is 10.6 Å². The van der Waals surface area contributed by atoms with Gasteiger partial charge in [-0.15, -0.1) is 0 Å². The smallest absolute Gasteiger partial charge is 0.191 e. The molecule has 0 atom stereocenters. The van der Waals surface area contributed by atoms with Crippen LogP contribution in [0.15, 0.2) is 17.1 Å². The SMILES string of the molecule is CN=C(NCc1cc(Cl)c2c(c1)OCCCO2)NCC(C)C. The molecule has 1 aliphatic rings. The van der Waals surface area contributed by atoms with Gasteiger partial charge >= 0.3 is 0 Å². The molecule has 2 N–H and O–H groups in total. The van der Waals surface area contributed by atoms with Crippen LogP contribution in [0.5, 0.6) is 11.5 Å². The van der Waals surface area contributed by atoms with Crippen molar-refractivity contribution >= 4 is 17.6 Å². The lowest BCUT2D eigenvalue weighted by atomic mass is 10.2. The number of fused-ring (bicyclic) bond motifs is 1. The first kappa shape index (κ1) is 16.7. The Morgan fingerprint density at radius 3 is 2.77 bits per heavy atom. The minimum absolute atomic E-state index is 0.561. The molecular weight excluding hydrogens is 302 g/mol. The van der Waals surface area contributed by atoms with E-state index in [9.17, 15) is 0 Å². The molecule has 1 aromatic rings. The van der Waals surface area contributed by atoms with E-state index >= 15 is 0 Å². The monoisotopic (exact) mass is 325 g/mol. The minimum atomic E-state index is 0.561. The summed E-state index contributed by atoms with van der Waals surface area (Å²) in [6.07, 6.45) is 0.865. The molecule has 2 rings (SSSR count). The Hall–Kier alpha value is -1.62. The first-order valence-electron chi connectivity index (χ1n) is 7.62. The lowest BCUT2D eigenvalue weighted by Crippen LogP contribution is -2.38. The quantitative estimate of drug-likeness (QED) is 0.660. The van der Waals surface area contributed by atoms with Crippen LogP contribution in [0, 0.1) is 5.92 Å². The van der Waals surface area contributed by atoms with Crippen molar-refractivity contribution < 1.29 is 9.47 Å². The molecule has 0 spiro atoms. The molecule has 0 aromatic heterocycles. The van der Waals surface area contributed by atoms with E-state index in [0.29, 0.717) is 42.2 Å². The Balaban J connectivity index is 2.01. The molecule has 1 aliphatic heterocycles. The molecule has 1 heterocycles. The molecule has 0 bridgehead atoms. The van der Waals surface area contributed by atoms with Crippen molar-refractivity contribution in [2.45, 2.75) is 26.8 Å². The van der Waals surface area contributed by atoms with E-state index in [1.54, 1.807) is 7.05 Å². The van der Waals surface area contributed by atoms with Crippen molar-refractivity contribution in [1.29, 1.82) is 0 Å². The van der Waals surface area contributed by atoms with Gasteiger partial charge < -0.3 is 20.1 Å². The molecule has 0 amide bonds. The molecule has 1 aromatic carbocycles. The summed E-state index contributed by atoms with van der Waals surface area (Å²) in [5.41, 5.74) is 1.03. The molecule has 0 unspecified atom stereocenters. The lowest BCUT2D eigenvalue weighted by molar-refractivity contribution is 0.297. The largest absolute Gasteiger partial charge is 0.489 e. The summed E-state index contributed by atoms with van der Waals surface area (Å²) >= 11 is 6.29. The van der Waals surface area contributed by atoms with Crippen molar-refractivity contribution in [2.75, 3.05) is 26.8 Å². The third kappa shape index (κ3) is 4.70. The highest BCUT2D eigenvalue weighted by Crippen LogP contribution is 2.37. The Morgan fingerprint density at radius 2 is 2.05 bits per heavy atom. The summed E-state index contributed by atoms with van der Waals surface area (Å²) in [6, 6.07) is 3.87. The summed E-state index contributed by atoms with van der Waals surface area (Å²) in [7, 11) is 1.76. The van der Waals surface area contributed by atoms with Crippen molar-refractivity contribution in [3.63, 3.8) is 0 Å². The van der Waals surface area contributed by atoms with Gasteiger partial charge in [0, 0.05) is 26.6 Å². The highest BCUT2D eigenvalue weighted by molar-refractivity contribution is 6.32. The normalized spacial score (nSPS) is 14.7. The van der Waals surface area contributed by atoms with Crippen LogP contribution in [0.4, 0.5) is 0 Å². The standard InChI is InChI=1S/C16H24ClN3O2/c1-11(2)9-19-16(18-3)20-10-12-7-13(17)15-14(8-12)21-5-4-6-22-15/h7-8,11H,4-6,9-10H2,1-3H3,(H2,18,19,20). The van der Waals surface area contributed by atoms with E-state index < -0.39 is 0 Å². The van der Waals surface area contributed by atoms with Crippen LogP contribution in [-0.4, -0.2) is 32.8 Å². The highest BCUT2D eigenvalue weighted by atomic mass is 35.5. The highest BCUT2D eigenvalue weighted by Gasteiger charge is 2.15. The number of hydrogen-bond acceptors (Lipinski definition) is 3. The van der Waals surface area contributed by atoms with Gasteiger partial charge in [-0.1, -0.05) is 25.4 Å². The van der Waals surface area contributed by atoms with E-state index in [-0.39, 0.29) is 0 Å². The van der Waals surface area contributed by atoms with E-state index in [1.807, 2.05) is 12.1 Å². The van der Waals surface area contributed by atoms with Crippen molar-refractivity contribution in [3.8, 4) is 11.5 Å². The molecule has 0 aliphatic carbocycles. The van der Waals surface area contributed by atoms with Crippen LogP contribution >= 0.6 is 11.6 Å².